The Bertz CT molecular complexity index is 420. The molecule has 16 heavy (non-hydrogen) atoms. The highest BCUT2D eigenvalue weighted by Gasteiger charge is 2.06. The standard InChI is InChI=1S/C12H16N2S2/c1-3-12-14-10(8-16-12)7-13-9(2)11-5-4-6-15-11/h4-6,8-9,13H,3,7H2,1-2H3/t9-/m0/s1. The van der Waals surface area contributed by atoms with Gasteiger partial charge in [0.25, 0.3) is 0 Å². The molecule has 0 aromatic carbocycles. The summed E-state index contributed by atoms with van der Waals surface area (Å²) in [7, 11) is 0. The lowest BCUT2D eigenvalue weighted by Gasteiger charge is -2.10. The predicted octanol–water partition coefficient (Wildman–Crippen LogP) is 3.62. The smallest absolute Gasteiger partial charge is 0.0926 e. The molecule has 0 saturated heterocycles. The lowest BCUT2D eigenvalue weighted by Crippen LogP contribution is -2.17. The monoisotopic (exact) mass is 252 g/mol. The van der Waals surface area contributed by atoms with E-state index in [0.717, 1.165) is 18.7 Å². The second kappa shape index (κ2) is 5.57. The van der Waals surface area contributed by atoms with Crippen molar-refractivity contribution in [3.05, 3.63) is 38.5 Å². The first-order chi connectivity index (χ1) is 7.79. The first-order valence-electron chi connectivity index (χ1n) is 5.49. The molecule has 0 unspecified atom stereocenters. The van der Waals surface area contributed by atoms with Crippen molar-refractivity contribution in [2.75, 3.05) is 0 Å². The van der Waals surface area contributed by atoms with Gasteiger partial charge >= 0.3 is 0 Å². The number of hydrogen-bond acceptors (Lipinski definition) is 4. The number of aryl methyl sites for hydroxylation is 1. The second-order valence-corrected chi connectivity index (χ2v) is 5.63. The van der Waals surface area contributed by atoms with Crippen LogP contribution in [0.1, 0.15) is 35.5 Å². The first kappa shape index (κ1) is 11.8. The highest BCUT2D eigenvalue weighted by Crippen LogP contribution is 2.19. The number of thiazole rings is 1. The van der Waals surface area contributed by atoms with Crippen LogP contribution in [-0.4, -0.2) is 4.98 Å². The number of nitrogens with zero attached hydrogens (tertiary/aromatic N) is 1. The van der Waals surface area contributed by atoms with Crippen LogP contribution in [0.25, 0.3) is 0 Å². The van der Waals surface area contributed by atoms with E-state index in [1.807, 2.05) is 0 Å². The number of aromatic nitrogens is 1. The number of hydrogen-bond donors (Lipinski definition) is 1. The minimum Gasteiger partial charge on any atom is -0.304 e. The van der Waals surface area contributed by atoms with Gasteiger partial charge in [0.2, 0.25) is 0 Å². The summed E-state index contributed by atoms with van der Waals surface area (Å²) in [4.78, 5) is 5.92. The summed E-state index contributed by atoms with van der Waals surface area (Å²) < 4.78 is 0. The van der Waals surface area contributed by atoms with Gasteiger partial charge in [-0.2, -0.15) is 0 Å². The van der Waals surface area contributed by atoms with Crippen molar-refractivity contribution >= 4 is 22.7 Å². The lowest BCUT2D eigenvalue weighted by atomic mass is 10.2. The van der Waals surface area contributed by atoms with Crippen LogP contribution < -0.4 is 5.32 Å². The van der Waals surface area contributed by atoms with E-state index >= 15 is 0 Å². The molecule has 0 bridgehead atoms. The molecule has 2 heterocycles. The van der Waals surface area contributed by atoms with Crippen molar-refractivity contribution in [1.29, 1.82) is 0 Å². The van der Waals surface area contributed by atoms with Crippen molar-refractivity contribution in [3.8, 4) is 0 Å². The van der Waals surface area contributed by atoms with E-state index in [2.05, 4.69) is 47.0 Å². The van der Waals surface area contributed by atoms with Crippen molar-refractivity contribution in [2.24, 2.45) is 0 Å². The molecule has 1 N–H and O–H groups in total. The molecule has 0 radical (unpaired) electrons. The summed E-state index contributed by atoms with van der Waals surface area (Å²) in [5.74, 6) is 0. The maximum absolute atomic E-state index is 4.54. The zero-order chi connectivity index (χ0) is 11.4. The van der Waals surface area contributed by atoms with Crippen molar-refractivity contribution in [3.63, 3.8) is 0 Å². The highest BCUT2D eigenvalue weighted by molar-refractivity contribution is 7.10. The first-order valence-corrected chi connectivity index (χ1v) is 7.25. The Labute approximate surface area is 104 Å². The summed E-state index contributed by atoms with van der Waals surface area (Å²) in [6, 6.07) is 4.67. The fraction of sp³-hybridized carbons (Fsp3) is 0.417. The SMILES string of the molecule is CCc1nc(CN[C@@H](C)c2cccs2)cs1. The lowest BCUT2D eigenvalue weighted by molar-refractivity contribution is 0.576. The van der Waals surface area contributed by atoms with Crippen LogP contribution in [0.4, 0.5) is 0 Å². The van der Waals surface area contributed by atoms with Gasteiger partial charge in [-0.25, -0.2) is 4.98 Å². The van der Waals surface area contributed by atoms with Gasteiger partial charge in [-0.15, -0.1) is 22.7 Å². The quantitative estimate of drug-likeness (QED) is 0.879. The van der Waals surface area contributed by atoms with E-state index in [0.29, 0.717) is 6.04 Å². The summed E-state index contributed by atoms with van der Waals surface area (Å²) in [6.07, 6.45) is 1.03. The summed E-state index contributed by atoms with van der Waals surface area (Å²) in [6.45, 7) is 5.19. The van der Waals surface area contributed by atoms with Crippen LogP contribution in [0, 0.1) is 0 Å². The minimum absolute atomic E-state index is 0.409. The van der Waals surface area contributed by atoms with E-state index in [1.165, 1.54) is 9.88 Å². The van der Waals surface area contributed by atoms with E-state index < -0.39 is 0 Å². The summed E-state index contributed by atoms with van der Waals surface area (Å²) in [5.41, 5.74) is 1.16. The summed E-state index contributed by atoms with van der Waals surface area (Å²) in [5, 5.41) is 8.98. The van der Waals surface area contributed by atoms with Gasteiger partial charge in [0.15, 0.2) is 0 Å². The van der Waals surface area contributed by atoms with Crippen LogP contribution in [0.3, 0.4) is 0 Å². The molecule has 0 amide bonds. The molecule has 0 aliphatic rings. The number of rotatable bonds is 5. The fourth-order valence-corrected chi connectivity index (χ4v) is 2.99. The van der Waals surface area contributed by atoms with Crippen LogP contribution in [0.2, 0.25) is 0 Å². The van der Waals surface area contributed by atoms with Crippen molar-refractivity contribution < 1.29 is 0 Å². The van der Waals surface area contributed by atoms with E-state index in [-0.39, 0.29) is 0 Å². The third kappa shape index (κ3) is 2.90. The molecule has 0 spiro atoms. The maximum Gasteiger partial charge on any atom is 0.0926 e. The maximum atomic E-state index is 4.54. The van der Waals surface area contributed by atoms with Gasteiger partial charge < -0.3 is 5.32 Å². The predicted molar refractivity (Wildman–Crippen MR) is 71.1 cm³/mol. The Morgan fingerprint density at radius 3 is 2.94 bits per heavy atom. The molecule has 86 valence electrons. The fourth-order valence-electron chi connectivity index (χ4n) is 1.49. The third-order valence-electron chi connectivity index (χ3n) is 2.46. The van der Waals surface area contributed by atoms with Crippen molar-refractivity contribution in [1.82, 2.24) is 10.3 Å². The Balaban J connectivity index is 1.87. The van der Waals surface area contributed by atoms with Gasteiger partial charge in [-0.05, 0) is 24.8 Å². The van der Waals surface area contributed by atoms with E-state index in [1.54, 1.807) is 22.7 Å². The second-order valence-electron chi connectivity index (χ2n) is 3.70. The molecule has 0 saturated carbocycles. The van der Waals surface area contributed by atoms with Crippen LogP contribution >= 0.6 is 22.7 Å². The van der Waals surface area contributed by atoms with Gasteiger partial charge in [0.1, 0.15) is 0 Å². The van der Waals surface area contributed by atoms with Crippen LogP contribution in [0.5, 0.6) is 0 Å². The van der Waals surface area contributed by atoms with Gasteiger partial charge in [-0.3, -0.25) is 0 Å². The number of nitrogens with one attached hydrogen (secondary N) is 1. The molecular weight excluding hydrogens is 236 g/mol. The normalized spacial score (nSPS) is 12.9. The molecule has 2 aromatic heterocycles. The molecular formula is C12H16N2S2. The van der Waals surface area contributed by atoms with Crippen molar-refractivity contribution in [2.45, 2.75) is 32.9 Å². The average molecular weight is 252 g/mol. The topological polar surface area (TPSA) is 24.9 Å². The molecule has 0 fully saturated rings. The average Bonchev–Trinajstić information content (AvgIpc) is 2.96. The molecule has 0 aliphatic carbocycles. The van der Waals surface area contributed by atoms with E-state index in [9.17, 15) is 0 Å². The largest absolute Gasteiger partial charge is 0.304 e. The van der Waals surface area contributed by atoms with Gasteiger partial charge in [-0.1, -0.05) is 13.0 Å². The van der Waals surface area contributed by atoms with Gasteiger partial charge in [0, 0.05) is 22.8 Å². The Morgan fingerprint density at radius 2 is 2.31 bits per heavy atom. The summed E-state index contributed by atoms with van der Waals surface area (Å²) >= 11 is 3.55. The molecule has 0 aliphatic heterocycles. The zero-order valence-corrected chi connectivity index (χ0v) is 11.2. The Hall–Kier alpha value is -0.710. The number of thiophene rings is 1. The molecule has 2 rings (SSSR count). The third-order valence-corrected chi connectivity index (χ3v) is 4.56. The van der Waals surface area contributed by atoms with Crippen LogP contribution in [0.15, 0.2) is 22.9 Å². The zero-order valence-electron chi connectivity index (χ0n) is 9.56. The highest BCUT2D eigenvalue weighted by atomic mass is 32.1. The van der Waals surface area contributed by atoms with Gasteiger partial charge in [0.05, 0.1) is 10.7 Å². The van der Waals surface area contributed by atoms with E-state index in [4.69, 9.17) is 0 Å². The minimum atomic E-state index is 0.409. The Kier molecular flexibility index (Phi) is 4.09. The molecule has 2 nitrogen and oxygen atoms in total. The van der Waals surface area contributed by atoms with Crippen LogP contribution in [-0.2, 0) is 13.0 Å². The molecule has 1 atom stereocenters. The molecule has 2 aromatic rings. The molecule has 4 heteroatoms. The Morgan fingerprint density at radius 1 is 1.44 bits per heavy atom.